The third-order valence-electron chi connectivity index (χ3n) is 2.93. The first kappa shape index (κ1) is 14.8. The summed E-state index contributed by atoms with van der Waals surface area (Å²) in [6.07, 6.45) is 0.600. The van der Waals surface area contributed by atoms with Crippen molar-refractivity contribution in [3.63, 3.8) is 0 Å². The summed E-state index contributed by atoms with van der Waals surface area (Å²) in [5, 5.41) is 30.0. The normalized spacial score (nSPS) is 13.6. The Bertz CT molecular complexity index is 466. The average Bonchev–Trinajstić information content (AvgIpc) is 2.33. The number of benzene rings is 1. The van der Waals surface area contributed by atoms with E-state index in [9.17, 15) is 19.8 Å². The van der Waals surface area contributed by atoms with Crippen LogP contribution in [0.1, 0.15) is 30.6 Å². The molecule has 2 unspecified atom stereocenters. The van der Waals surface area contributed by atoms with Crippen molar-refractivity contribution in [1.29, 1.82) is 0 Å². The second-order valence-corrected chi connectivity index (χ2v) is 4.41. The van der Waals surface area contributed by atoms with E-state index < -0.39 is 17.9 Å². The molecule has 0 aliphatic carbocycles. The van der Waals surface area contributed by atoms with Gasteiger partial charge in [0.15, 0.2) is 0 Å². The van der Waals surface area contributed by atoms with E-state index in [4.69, 9.17) is 5.11 Å². The zero-order valence-electron chi connectivity index (χ0n) is 10.8. The third kappa shape index (κ3) is 3.87. The van der Waals surface area contributed by atoms with Gasteiger partial charge >= 0.3 is 5.97 Å². The number of carbonyl (C=O) groups excluding carboxylic acids is 1. The number of carboxylic acid groups (broad SMARTS) is 1. The largest absolute Gasteiger partial charge is 0.508 e. The molecule has 6 heteroatoms. The standard InChI is InChI=1S/C13H17NO5/c1-3-7(2)11(13(18)19)14-12(17)8-4-9(15)6-10(16)5-8/h4-7,11,15-16H,3H2,1-2H3,(H,14,17)(H,18,19). The second-order valence-electron chi connectivity index (χ2n) is 4.41. The van der Waals surface area contributed by atoms with E-state index in [0.717, 1.165) is 18.2 Å². The molecule has 4 N–H and O–H groups in total. The van der Waals surface area contributed by atoms with Gasteiger partial charge in [-0.25, -0.2) is 4.79 Å². The second kappa shape index (κ2) is 6.08. The van der Waals surface area contributed by atoms with E-state index in [1.807, 2.05) is 6.92 Å². The molecule has 0 saturated heterocycles. The van der Waals surface area contributed by atoms with Gasteiger partial charge in [0.1, 0.15) is 17.5 Å². The minimum Gasteiger partial charge on any atom is -0.508 e. The van der Waals surface area contributed by atoms with Gasteiger partial charge in [-0.2, -0.15) is 0 Å². The lowest BCUT2D eigenvalue weighted by molar-refractivity contribution is -0.140. The maximum absolute atomic E-state index is 11.9. The third-order valence-corrected chi connectivity index (χ3v) is 2.93. The minimum absolute atomic E-state index is 0.00653. The molecule has 0 radical (unpaired) electrons. The van der Waals surface area contributed by atoms with Crippen LogP contribution in [0.25, 0.3) is 0 Å². The topological polar surface area (TPSA) is 107 Å². The molecule has 0 fully saturated rings. The van der Waals surface area contributed by atoms with Gasteiger partial charge in [0.25, 0.3) is 5.91 Å². The van der Waals surface area contributed by atoms with Crippen LogP contribution >= 0.6 is 0 Å². The summed E-state index contributed by atoms with van der Waals surface area (Å²) in [6, 6.07) is 2.39. The minimum atomic E-state index is -1.12. The van der Waals surface area contributed by atoms with Crippen LogP contribution in [0.15, 0.2) is 18.2 Å². The summed E-state index contributed by atoms with van der Waals surface area (Å²) >= 11 is 0. The van der Waals surface area contributed by atoms with Crippen molar-refractivity contribution in [3.05, 3.63) is 23.8 Å². The Morgan fingerprint density at radius 1 is 1.21 bits per heavy atom. The molecule has 1 rings (SSSR count). The summed E-state index contributed by atoms with van der Waals surface area (Å²) in [6.45, 7) is 3.55. The summed E-state index contributed by atoms with van der Waals surface area (Å²) in [5.41, 5.74) is 0.00653. The first-order valence-electron chi connectivity index (χ1n) is 5.91. The number of aromatic hydroxyl groups is 2. The Balaban J connectivity index is 2.90. The van der Waals surface area contributed by atoms with E-state index in [1.165, 1.54) is 0 Å². The molecule has 0 heterocycles. The van der Waals surface area contributed by atoms with Crippen molar-refractivity contribution in [1.82, 2.24) is 5.32 Å². The molecular formula is C13H17NO5. The Morgan fingerprint density at radius 2 is 1.74 bits per heavy atom. The molecule has 0 bridgehead atoms. The molecule has 0 aliphatic rings. The van der Waals surface area contributed by atoms with Crippen LogP contribution < -0.4 is 5.32 Å². The van der Waals surface area contributed by atoms with Gasteiger partial charge in [0, 0.05) is 11.6 Å². The van der Waals surface area contributed by atoms with E-state index in [0.29, 0.717) is 6.42 Å². The fraction of sp³-hybridized carbons (Fsp3) is 0.385. The first-order chi connectivity index (χ1) is 8.85. The zero-order valence-corrected chi connectivity index (χ0v) is 10.8. The summed E-state index contributed by atoms with van der Waals surface area (Å²) in [7, 11) is 0. The molecule has 0 aromatic heterocycles. The molecule has 1 aromatic rings. The molecule has 0 saturated carbocycles. The number of amides is 1. The molecule has 0 aliphatic heterocycles. The lowest BCUT2D eigenvalue weighted by Crippen LogP contribution is -2.45. The van der Waals surface area contributed by atoms with Crippen LogP contribution in [0.2, 0.25) is 0 Å². The molecule has 0 spiro atoms. The molecule has 6 nitrogen and oxygen atoms in total. The van der Waals surface area contributed by atoms with Crippen LogP contribution in [-0.4, -0.2) is 33.2 Å². The summed E-state index contributed by atoms with van der Waals surface area (Å²) in [4.78, 5) is 23.0. The van der Waals surface area contributed by atoms with Gasteiger partial charge in [-0.05, 0) is 18.1 Å². The monoisotopic (exact) mass is 267 g/mol. The van der Waals surface area contributed by atoms with Gasteiger partial charge < -0.3 is 20.6 Å². The molecule has 19 heavy (non-hydrogen) atoms. The highest BCUT2D eigenvalue weighted by atomic mass is 16.4. The number of phenols is 2. The number of hydrogen-bond acceptors (Lipinski definition) is 4. The number of aliphatic carboxylic acids is 1. The first-order valence-corrected chi connectivity index (χ1v) is 5.91. The van der Waals surface area contributed by atoms with Crippen molar-refractivity contribution < 1.29 is 24.9 Å². The lowest BCUT2D eigenvalue weighted by atomic mass is 9.99. The number of rotatable bonds is 5. The smallest absolute Gasteiger partial charge is 0.326 e. The van der Waals surface area contributed by atoms with Gasteiger partial charge in [0.05, 0.1) is 0 Å². The number of carbonyl (C=O) groups is 2. The zero-order chi connectivity index (χ0) is 14.6. The Labute approximate surface area is 110 Å². The van der Waals surface area contributed by atoms with Crippen LogP contribution in [0, 0.1) is 5.92 Å². The Kier molecular flexibility index (Phi) is 4.74. The molecular weight excluding hydrogens is 250 g/mol. The molecule has 2 atom stereocenters. The summed E-state index contributed by atoms with van der Waals surface area (Å²) < 4.78 is 0. The van der Waals surface area contributed by atoms with Gasteiger partial charge in [-0.15, -0.1) is 0 Å². The molecule has 104 valence electrons. The van der Waals surface area contributed by atoms with Crippen molar-refractivity contribution >= 4 is 11.9 Å². The van der Waals surface area contributed by atoms with E-state index in [-0.39, 0.29) is 23.0 Å². The predicted octanol–water partition coefficient (Wildman–Crippen LogP) is 1.33. The molecule has 1 aromatic carbocycles. The SMILES string of the molecule is CCC(C)C(NC(=O)c1cc(O)cc(O)c1)C(=O)O. The van der Waals surface area contributed by atoms with Crippen LogP contribution in [0.5, 0.6) is 11.5 Å². The number of phenolic OH excluding ortho intramolecular Hbond substituents is 2. The van der Waals surface area contributed by atoms with E-state index >= 15 is 0 Å². The van der Waals surface area contributed by atoms with Gasteiger partial charge in [-0.3, -0.25) is 4.79 Å². The fourth-order valence-electron chi connectivity index (χ4n) is 1.63. The fourth-order valence-corrected chi connectivity index (χ4v) is 1.63. The van der Waals surface area contributed by atoms with Crippen molar-refractivity contribution in [2.24, 2.45) is 5.92 Å². The Hall–Kier alpha value is -2.24. The number of nitrogens with one attached hydrogen (secondary N) is 1. The van der Waals surface area contributed by atoms with Gasteiger partial charge in [-0.1, -0.05) is 20.3 Å². The maximum Gasteiger partial charge on any atom is 0.326 e. The maximum atomic E-state index is 11.9. The van der Waals surface area contributed by atoms with E-state index in [1.54, 1.807) is 6.92 Å². The predicted molar refractivity (Wildman–Crippen MR) is 68.1 cm³/mol. The average molecular weight is 267 g/mol. The van der Waals surface area contributed by atoms with Gasteiger partial charge in [0.2, 0.25) is 0 Å². The van der Waals surface area contributed by atoms with Crippen molar-refractivity contribution in [3.8, 4) is 11.5 Å². The Morgan fingerprint density at radius 3 is 2.16 bits per heavy atom. The quantitative estimate of drug-likeness (QED) is 0.643. The van der Waals surface area contributed by atoms with Crippen LogP contribution in [0.3, 0.4) is 0 Å². The van der Waals surface area contributed by atoms with Crippen LogP contribution in [-0.2, 0) is 4.79 Å². The highest BCUT2D eigenvalue weighted by Gasteiger charge is 2.25. The number of carboxylic acids is 1. The number of hydrogen-bond donors (Lipinski definition) is 4. The van der Waals surface area contributed by atoms with Crippen molar-refractivity contribution in [2.75, 3.05) is 0 Å². The highest BCUT2D eigenvalue weighted by Crippen LogP contribution is 2.20. The summed E-state index contributed by atoms with van der Waals surface area (Å²) in [5.74, 6) is -2.53. The molecule has 1 amide bonds. The highest BCUT2D eigenvalue weighted by molar-refractivity contribution is 5.97. The van der Waals surface area contributed by atoms with Crippen LogP contribution in [0.4, 0.5) is 0 Å². The van der Waals surface area contributed by atoms with Crippen molar-refractivity contribution in [2.45, 2.75) is 26.3 Å². The lowest BCUT2D eigenvalue weighted by Gasteiger charge is -2.20. The van der Waals surface area contributed by atoms with E-state index in [2.05, 4.69) is 5.32 Å².